The molecule has 0 saturated carbocycles. The highest BCUT2D eigenvalue weighted by molar-refractivity contribution is 6.32. The van der Waals surface area contributed by atoms with Crippen LogP contribution in [0, 0.1) is 0 Å². The number of nitrogens with zero attached hydrogens (tertiary/aromatic N) is 5. The van der Waals surface area contributed by atoms with E-state index < -0.39 is 5.97 Å². The van der Waals surface area contributed by atoms with Crippen LogP contribution < -0.4 is 4.74 Å². The summed E-state index contributed by atoms with van der Waals surface area (Å²) < 4.78 is 12.8. The average Bonchev–Trinajstić information content (AvgIpc) is 3.34. The third kappa shape index (κ3) is 3.97. The van der Waals surface area contributed by atoms with Crippen molar-refractivity contribution in [3.63, 3.8) is 0 Å². The summed E-state index contributed by atoms with van der Waals surface area (Å²) in [6.07, 6.45) is 6.66. The molecule has 0 aliphatic carbocycles. The first-order chi connectivity index (χ1) is 14.4. The molecule has 0 amide bonds. The summed E-state index contributed by atoms with van der Waals surface area (Å²) in [5.41, 5.74) is 2.03. The fourth-order valence-corrected chi connectivity index (χ4v) is 3.21. The first-order valence-electron chi connectivity index (χ1n) is 9.23. The summed E-state index contributed by atoms with van der Waals surface area (Å²) in [7, 11) is 0. The second-order valence-corrected chi connectivity index (χ2v) is 7.28. The van der Waals surface area contributed by atoms with E-state index in [0.29, 0.717) is 34.4 Å². The number of fused-ring (bicyclic) bond motifs is 1. The molecule has 0 aromatic carbocycles. The molecule has 0 spiro atoms. The summed E-state index contributed by atoms with van der Waals surface area (Å²) in [6, 6.07) is 3.53. The normalized spacial score (nSPS) is 11.3. The lowest BCUT2D eigenvalue weighted by Crippen LogP contribution is -2.07. The molecular formula is C20H18ClN5O4. The molecule has 0 atom stereocenters. The van der Waals surface area contributed by atoms with Crippen LogP contribution in [0.15, 0.2) is 41.4 Å². The summed E-state index contributed by atoms with van der Waals surface area (Å²) >= 11 is 6.25. The molecular weight excluding hydrogens is 410 g/mol. The lowest BCUT2D eigenvalue weighted by molar-refractivity contribution is -0.137. The van der Waals surface area contributed by atoms with Crippen LogP contribution in [0.4, 0.5) is 0 Å². The Morgan fingerprint density at radius 2 is 2.17 bits per heavy atom. The minimum Gasteiger partial charge on any atom is -0.481 e. The second-order valence-electron chi connectivity index (χ2n) is 6.87. The molecule has 0 radical (unpaired) electrons. The van der Waals surface area contributed by atoms with E-state index in [9.17, 15) is 4.79 Å². The third-order valence-corrected chi connectivity index (χ3v) is 4.60. The van der Waals surface area contributed by atoms with E-state index in [1.165, 1.54) is 0 Å². The van der Waals surface area contributed by atoms with Gasteiger partial charge in [0.15, 0.2) is 0 Å². The second kappa shape index (κ2) is 8.11. The fourth-order valence-electron chi connectivity index (χ4n) is 3.00. The third-order valence-electron chi connectivity index (χ3n) is 4.33. The highest BCUT2D eigenvalue weighted by Crippen LogP contribution is 2.31. The molecule has 30 heavy (non-hydrogen) atoms. The van der Waals surface area contributed by atoms with E-state index in [1.54, 1.807) is 24.7 Å². The van der Waals surface area contributed by atoms with Crippen LogP contribution in [0.1, 0.15) is 20.3 Å². The summed E-state index contributed by atoms with van der Waals surface area (Å²) in [6.45, 7) is 4.12. The predicted octanol–water partition coefficient (Wildman–Crippen LogP) is 4.06. The molecule has 0 saturated heterocycles. The van der Waals surface area contributed by atoms with Gasteiger partial charge in [-0.1, -0.05) is 16.8 Å². The topological polar surface area (TPSA) is 116 Å². The van der Waals surface area contributed by atoms with Gasteiger partial charge in [0.05, 0.1) is 35.4 Å². The molecule has 0 bridgehead atoms. The van der Waals surface area contributed by atoms with Gasteiger partial charge < -0.3 is 18.9 Å². The Labute approximate surface area is 176 Å². The largest absolute Gasteiger partial charge is 0.481 e. The maximum Gasteiger partial charge on any atom is 0.305 e. The van der Waals surface area contributed by atoms with Gasteiger partial charge in [0.25, 0.3) is 5.89 Å². The van der Waals surface area contributed by atoms with Gasteiger partial charge in [0, 0.05) is 30.5 Å². The van der Waals surface area contributed by atoms with Crippen molar-refractivity contribution < 1.29 is 19.2 Å². The Kier molecular flexibility index (Phi) is 5.37. The first kappa shape index (κ1) is 19.8. The van der Waals surface area contributed by atoms with Gasteiger partial charge in [-0.3, -0.25) is 9.78 Å². The number of hydrogen-bond acceptors (Lipinski definition) is 7. The van der Waals surface area contributed by atoms with E-state index in [1.807, 2.05) is 30.7 Å². The van der Waals surface area contributed by atoms with Crippen molar-refractivity contribution in [1.82, 2.24) is 24.7 Å². The van der Waals surface area contributed by atoms with Crippen LogP contribution >= 0.6 is 11.6 Å². The molecule has 9 nitrogen and oxygen atoms in total. The molecule has 0 unspecified atom stereocenters. The number of aromatic nitrogens is 5. The number of rotatable bonds is 7. The van der Waals surface area contributed by atoms with Crippen LogP contribution in [0.5, 0.6) is 5.88 Å². The van der Waals surface area contributed by atoms with Crippen LogP contribution in [0.3, 0.4) is 0 Å². The molecule has 0 aliphatic rings. The Morgan fingerprint density at radius 1 is 1.33 bits per heavy atom. The molecule has 4 aromatic rings. The number of pyridine rings is 2. The van der Waals surface area contributed by atoms with Gasteiger partial charge in [-0.15, -0.1) is 0 Å². The Morgan fingerprint density at radius 3 is 2.90 bits per heavy atom. The van der Waals surface area contributed by atoms with Gasteiger partial charge in [0.2, 0.25) is 11.7 Å². The minimum absolute atomic E-state index is 0.0185. The van der Waals surface area contributed by atoms with Gasteiger partial charge in [-0.25, -0.2) is 4.98 Å². The van der Waals surface area contributed by atoms with Crippen molar-refractivity contribution in [1.29, 1.82) is 0 Å². The molecule has 0 fully saturated rings. The lowest BCUT2D eigenvalue weighted by atomic mass is 10.2. The minimum atomic E-state index is -0.860. The molecule has 0 aliphatic heterocycles. The first-order valence-corrected chi connectivity index (χ1v) is 9.61. The van der Waals surface area contributed by atoms with Gasteiger partial charge >= 0.3 is 5.97 Å². The maximum atomic E-state index is 10.9. The van der Waals surface area contributed by atoms with E-state index in [4.69, 9.17) is 26.0 Å². The SMILES string of the molecule is CC(C)Oc1ncc(-c2nc(-c3cncc4c3ccn4CCC(=O)O)no2)cc1Cl. The van der Waals surface area contributed by atoms with Crippen molar-refractivity contribution in [3.8, 4) is 28.7 Å². The Hall–Kier alpha value is -3.46. The number of aryl methyl sites for hydroxylation is 1. The summed E-state index contributed by atoms with van der Waals surface area (Å²) in [5, 5.41) is 14.2. The summed E-state index contributed by atoms with van der Waals surface area (Å²) in [5.74, 6) is 0.100. The monoisotopic (exact) mass is 427 g/mol. The number of aliphatic carboxylic acids is 1. The molecule has 10 heteroatoms. The Balaban J connectivity index is 1.65. The number of ether oxygens (including phenoxy) is 1. The van der Waals surface area contributed by atoms with Crippen LogP contribution in [-0.4, -0.2) is 41.9 Å². The molecule has 4 aromatic heterocycles. The number of hydrogen-bond donors (Lipinski definition) is 1. The zero-order valence-corrected chi connectivity index (χ0v) is 17.0. The van der Waals surface area contributed by atoms with Gasteiger partial charge in [-0.05, 0) is 26.0 Å². The smallest absolute Gasteiger partial charge is 0.305 e. The number of halogens is 1. The number of carboxylic acid groups (broad SMARTS) is 1. The molecule has 4 rings (SSSR count). The zero-order chi connectivity index (χ0) is 21.3. The zero-order valence-electron chi connectivity index (χ0n) is 16.2. The van der Waals surface area contributed by atoms with Crippen LogP contribution in [-0.2, 0) is 11.3 Å². The maximum absolute atomic E-state index is 10.9. The number of carboxylic acids is 1. The van der Waals surface area contributed by atoms with Gasteiger partial charge in [-0.2, -0.15) is 4.98 Å². The predicted molar refractivity (Wildman–Crippen MR) is 109 cm³/mol. The number of carbonyl (C=O) groups is 1. The highest BCUT2D eigenvalue weighted by Gasteiger charge is 2.17. The standard InChI is InChI=1S/C20H18ClN5O4/c1-11(2)29-20-15(21)7-12(8-23-20)19-24-18(25-30-19)14-9-22-10-16-13(14)3-5-26(16)6-4-17(27)28/h3,5,7-11H,4,6H2,1-2H3,(H,27,28). The quantitative estimate of drug-likeness (QED) is 0.469. The Bertz CT molecular complexity index is 1220. The van der Waals surface area contributed by atoms with Crippen molar-refractivity contribution >= 4 is 28.5 Å². The van der Waals surface area contributed by atoms with E-state index in [2.05, 4.69) is 20.1 Å². The van der Waals surface area contributed by atoms with E-state index in [-0.39, 0.29) is 18.4 Å². The van der Waals surface area contributed by atoms with Crippen LogP contribution in [0.2, 0.25) is 5.02 Å². The van der Waals surface area contributed by atoms with Crippen molar-refractivity contribution in [2.75, 3.05) is 0 Å². The highest BCUT2D eigenvalue weighted by atomic mass is 35.5. The van der Waals surface area contributed by atoms with E-state index in [0.717, 1.165) is 10.9 Å². The van der Waals surface area contributed by atoms with E-state index >= 15 is 0 Å². The molecule has 154 valence electrons. The van der Waals surface area contributed by atoms with Gasteiger partial charge in [0.1, 0.15) is 5.02 Å². The summed E-state index contributed by atoms with van der Waals surface area (Å²) in [4.78, 5) is 23.8. The van der Waals surface area contributed by atoms with Crippen molar-refractivity contribution in [2.24, 2.45) is 0 Å². The average molecular weight is 428 g/mol. The molecule has 1 N–H and O–H groups in total. The molecule has 4 heterocycles. The van der Waals surface area contributed by atoms with Crippen molar-refractivity contribution in [2.45, 2.75) is 32.9 Å². The van der Waals surface area contributed by atoms with Crippen LogP contribution in [0.25, 0.3) is 33.7 Å². The fraction of sp³-hybridized carbons (Fsp3) is 0.250. The lowest BCUT2D eigenvalue weighted by Gasteiger charge is -2.09. The van der Waals surface area contributed by atoms with Crippen molar-refractivity contribution in [3.05, 3.63) is 41.9 Å².